The van der Waals surface area contributed by atoms with Crippen LogP contribution >= 0.6 is 0 Å². The Labute approximate surface area is 139 Å². The minimum atomic E-state index is -3.81. The molecule has 9 nitrogen and oxygen atoms in total. The third kappa shape index (κ3) is 2.80. The van der Waals surface area contributed by atoms with Crippen LogP contribution in [0, 0.1) is 11.3 Å². The van der Waals surface area contributed by atoms with Gasteiger partial charge in [0, 0.05) is 26.3 Å². The van der Waals surface area contributed by atoms with Crippen LogP contribution in [0.1, 0.15) is 19.3 Å². The summed E-state index contributed by atoms with van der Waals surface area (Å²) in [5.41, 5.74) is -0.863. The minimum Gasteiger partial charge on any atom is -0.481 e. The molecule has 1 aliphatic heterocycles. The molecule has 2 heterocycles. The molecule has 0 radical (unpaired) electrons. The van der Waals surface area contributed by atoms with Crippen molar-refractivity contribution in [2.75, 3.05) is 19.6 Å². The Morgan fingerprint density at radius 2 is 2.25 bits per heavy atom. The smallest absolute Gasteiger partial charge is 0.311 e. The summed E-state index contributed by atoms with van der Waals surface area (Å²) in [6.45, 7) is 0.139. The van der Waals surface area contributed by atoms with E-state index in [2.05, 4.69) is 9.82 Å². The van der Waals surface area contributed by atoms with Gasteiger partial charge in [-0.05, 0) is 18.8 Å². The number of rotatable bonds is 5. The van der Waals surface area contributed by atoms with E-state index in [1.54, 1.807) is 7.05 Å². The van der Waals surface area contributed by atoms with Crippen LogP contribution in [-0.4, -0.2) is 59.7 Å². The monoisotopic (exact) mass is 356 g/mol. The average molecular weight is 356 g/mol. The Bertz CT molecular complexity index is 774. The van der Waals surface area contributed by atoms with Gasteiger partial charge in [-0.3, -0.25) is 14.3 Å². The van der Waals surface area contributed by atoms with Crippen molar-refractivity contribution in [3.05, 3.63) is 12.4 Å². The summed E-state index contributed by atoms with van der Waals surface area (Å²) in [4.78, 5) is 25.4. The molecule has 24 heavy (non-hydrogen) atoms. The molecule has 1 amide bonds. The topological polar surface area (TPSA) is 122 Å². The maximum Gasteiger partial charge on any atom is 0.311 e. The fourth-order valence-corrected chi connectivity index (χ4v) is 4.68. The lowest BCUT2D eigenvalue weighted by atomic mass is 9.81. The second-order valence-electron chi connectivity index (χ2n) is 6.50. The molecular formula is C14H20N4O5S. The largest absolute Gasteiger partial charge is 0.481 e. The predicted octanol–water partition coefficient (Wildman–Crippen LogP) is -0.588. The third-order valence-electron chi connectivity index (χ3n) is 5.05. The minimum absolute atomic E-state index is 0.0157. The van der Waals surface area contributed by atoms with Gasteiger partial charge < -0.3 is 10.0 Å². The average Bonchev–Trinajstić information content (AvgIpc) is 3.18. The molecule has 10 heteroatoms. The first-order valence-electron chi connectivity index (χ1n) is 7.74. The van der Waals surface area contributed by atoms with Gasteiger partial charge in [-0.2, -0.15) is 5.10 Å². The van der Waals surface area contributed by atoms with Crippen LogP contribution in [0.25, 0.3) is 0 Å². The molecule has 1 aliphatic carbocycles. The van der Waals surface area contributed by atoms with E-state index in [1.165, 1.54) is 22.0 Å². The SMILES string of the molecule is Cn1cc(S(=O)(=O)NCC(=O)N2C[C@@H]3CCC[C@@]3(C(=O)O)C2)cn1. The van der Waals surface area contributed by atoms with Crippen molar-refractivity contribution in [3.8, 4) is 0 Å². The lowest BCUT2D eigenvalue weighted by molar-refractivity contribution is -0.149. The Balaban J connectivity index is 1.63. The van der Waals surface area contributed by atoms with Crippen molar-refractivity contribution in [1.82, 2.24) is 19.4 Å². The van der Waals surface area contributed by atoms with Crippen LogP contribution < -0.4 is 4.72 Å². The van der Waals surface area contributed by atoms with Crippen LogP contribution in [0.3, 0.4) is 0 Å². The molecular weight excluding hydrogens is 336 g/mol. The molecule has 1 saturated carbocycles. The van der Waals surface area contributed by atoms with Gasteiger partial charge >= 0.3 is 5.97 Å². The zero-order valence-electron chi connectivity index (χ0n) is 13.3. The van der Waals surface area contributed by atoms with Crippen LogP contribution in [-0.2, 0) is 26.7 Å². The summed E-state index contributed by atoms with van der Waals surface area (Å²) in [7, 11) is -2.22. The van der Waals surface area contributed by atoms with Crippen molar-refractivity contribution in [1.29, 1.82) is 0 Å². The first-order valence-corrected chi connectivity index (χ1v) is 9.22. The highest BCUT2D eigenvalue weighted by Gasteiger charge is 2.55. The standard InChI is InChI=1S/C14H20N4O5S/c1-17-8-11(5-15-17)24(22,23)16-6-12(19)18-7-10-3-2-4-14(10,9-18)13(20)21/h5,8,10,16H,2-4,6-7,9H2,1H3,(H,20,21)/t10-,14+/m0/s1. The fourth-order valence-electron chi connectivity index (χ4n) is 3.72. The first-order chi connectivity index (χ1) is 11.2. The summed E-state index contributed by atoms with van der Waals surface area (Å²) in [6, 6.07) is 0. The Morgan fingerprint density at radius 1 is 1.50 bits per heavy atom. The number of carbonyl (C=O) groups excluding carboxylic acids is 1. The van der Waals surface area contributed by atoms with Gasteiger partial charge in [0.1, 0.15) is 4.90 Å². The maximum atomic E-state index is 12.3. The number of carboxylic acid groups (broad SMARTS) is 1. The van der Waals surface area contributed by atoms with Gasteiger partial charge in [-0.1, -0.05) is 6.42 Å². The number of aryl methyl sites for hydroxylation is 1. The summed E-state index contributed by atoms with van der Waals surface area (Å²) >= 11 is 0. The van der Waals surface area contributed by atoms with Gasteiger partial charge in [-0.25, -0.2) is 13.1 Å². The van der Waals surface area contributed by atoms with Crippen LogP contribution in [0.15, 0.2) is 17.3 Å². The number of hydrogen-bond donors (Lipinski definition) is 2. The molecule has 132 valence electrons. The molecule has 2 fully saturated rings. The lowest BCUT2D eigenvalue weighted by Crippen LogP contribution is -2.41. The number of nitrogens with zero attached hydrogens (tertiary/aromatic N) is 3. The Morgan fingerprint density at radius 3 is 2.83 bits per heavy atom. The van der Waals surface area contributed by atoms with Crippen LogP contribution in [0.4, 0.5) is 0 Å². The normalized spacial score (nSPS) is 26.5. The number of hydrogen-bond acceptors (Lipinski definition) is 5. The molecule has 2 atom stereocenters. The summed E-state index contributed by atoms with van der Waals surface area (Å²) in [5.74, 6) is -1.32. The molecule has 0 spiro atoms. The van der Waals surface area contributed by atoms with E-state index in [4.69, 9.17) is 0 Å². The van der Waals surface area contributed by atoms with Crippen LogP contribution in [0.2, 0.25) is 0 Å². The number of aliphatic carboxylic acids is 1. The molecule has 2 aliphatic rings. The molecule has 1 aromatic rings. The van der Waals surface area contributed by atoms with Gasteiger partial charge in [0.05, 0.1) is 18.2 Å². The number of likely N-dealkylation sites (tertiary alicyclic amines) is 1. The Hall–Kier alpha value is -1.94. The van der Waals surface area contributed by atoms with Gasteiger partial charge in [-0.15, -0.1) is 0 Å². The van der Waals surface area contributed by atoms with E-state index < -0.39 is 27.3 Å². The number of carbonyl (C=O) groups is 2. The summed E-state index contributed by atoms with van der Waals surface area (Å²) < 4.78 is 27.8. The molecule has 0 unspecified atom stereocenters. The van der Waals surface area contributed by atoms with Crippen molar-refractivity contribution in [2.24, 2.45) is 18.4 Å². The molecule has 3 rings (SSSR count). The summed E-state index contributed by atoms with van der Waals surface area (Å²) in [5, 5.41) is 13.3. The number of aromatic nitrogens is 2. The Kier molecular flexibility index (Phi) is 4.12. The van der Waals surface area contributed by atoms with Gasteiger partial charge in [0.15, 0.2) is 0 Å². The molecule has 0 bridgehead atoms. The van der Waals surface area contributed by atoms with E-state index in [0.29, 0.717) is 13.0 Å². The van der Waals surface area contributed by atoms with E-state index in [-0.39, 0.29) is 23.9 Å². The number of carboxylic acids is 1. The van der Waals surface area contributed by atoms with Gasteiger partial charge in [0.2, 0.25) is 15.9 Å². The maximum absolute atomic E-state index is 12.3. The van der Waals surface area contributed by atoms with E-state index in [0.717, 1.165) is 12.8 Å². The quantitative estimate of drug-likeness (QED) is 0.727. The number of sulfonamides is 1. The second kappa shape index (κ2) is 5.85. The lowest BCUT2D eigenvalue weighted by Gasteiger charge is -2.23. The van der Waals surface area contributed by atoms with Gasteiger partial charge in [0.25, 0.3) is 0 Å². The first kappa shape index (κ1) is 16.9. The zero-order chi connectivity index (χ0) is 17.5. The van der Waals surface area contributed by atoms with E-state index in [9.17, 15) is 23.1 Å². The van der Waals surface area contributed by atoms with E-state index >= 15 is 0 Å². The van der Waals surface area contributed by atoms with Crippen LogP contribution in [0.5, 0.6) is 0 Å². The highest BCUT2D eigenvalue weighted by Crippen LogP contribution is 2.48. The molecule has 1 saturated heterocycles. The number of nitrogens with one attached hydrogen (secondary N) is 1. The summed E-state index contributed by atoms with van der Waals surface area (Å²) in [6.07, 6.45) is 4.75. The highest BCUT2D eigenvalue weighted by atomic mass is 32.2. The number of fused-ring (bicyclic) bond motifs is 1. The molecule has 1 aromatic heterocycles. The van der Waals surface area contributed by atoms with Crippen molar-refractivity contribution in [3.63, 3.8) is 0 Å². The van der Waals surface area contributed by atoms with E-state index in [1.807, 2.05) is 0 Å². The second-order valence-corrected chi connectivity index (χ2v) is 8.27. The molecule has 0 aromatic carbocycles. The highest BCUT2D eigenvalue weighted by molar-refractivity contribution is 7.89. The zero-order valence-corrected chi connectivity index (χ0v) is 14.1. The number of amides is 1. The third-order valence-corrected chi connectivity index (χ3v) is 6.41. The molecule has 2 N–H and O–H groups in total. The van der Waals surface area contributed by atoms with Crippen molar-refractivity contribution >= 4 is 21.9 Å². The van der Waals surface area contributed by atoms with Crippen molar-refractivity contribution < 1.29 is 23.1 Å². The fraction of sp³-hybridized carbons (Fsp3) is 0.643. The predicted molar refractivity (Wildman–Crippen MR) is 82.4 cm³/mol. The van der Waals surface area contributed by atoms with Crippen molar-refractivity contribution in [2.45, 2.75) is 24.2 Å².